The van der Waals surface area contributed by atoms with Gasteiger partial charge in [0.1, 0.15) is 0 Å². The molecule has 0 spiro atoms. The van der Waals surface area contributed by atoms with Gasteiger partial charge in [-0.3, -0.25) is 0 Å². The second-order valence-corrected chi connectivity index (χ2v) is 12.9. The second kappa shape index (κ2) is 6.08. The van der Waals surface area contributed by atoms with Crippen molar-refractivity contribution in [1.82, 2.24) is 0 Å². The van der Waals surface area contributed by atoms with E-state index in [1.165, 1.54) is 12.8 Å². The van der Waals surface area contributed by atoms with Gasteiger partial charge in [0.2, 0.25) is 0 Å². The molecule has 14 heavy (non-hydrogen) atoms. The summed E-state index contributed by atoms with van der Waals surface area (Å²) in [6, 6.07) is 0. The van der Waals surface area contributed by atoms with Crippen molar-refractivity contribution >= 4 is 17.1 Å². The van der Waals surface area contributed by atoms with Crippen molar-refractivity contribution in [3.63, 3.8) is 0 Å². The number of rotatable bonds is 6. The summed E-state index contributed by atoms with van der Waals surface area (Å²) in [5, 5.41) is 0. The van der Waals surface area contributed by atoms with E-state index >= 15 is 0 Å². The van der Waals surface area contributed by atoms with Crippen LogP contribution in [0.1, 0.15) is 33.6 Å². The lowest BCUT2D eigenvalue weighted by molar-refractivity contribution is 0.272. The lowest BCUT2D eigenvalue weighted by atomic mass is 10.3. The highest BCUT2D eigenvalue weighted by Gasteiger charge is 2.33. The largest absolute Gasteiger partial charge is 0.418 e. The summed E-state index contributed by atoms with van der Waals surface area (Å²) < 4.78 is 6.34. The minimum atomic E-state index is -1.42. The summed E-state index contributed by atoms with van der Waals surface area (Å²) in [4.78, 5) is 0. The molecular weight excluding hydrogens is 204 g/mol. The Morgan fingerprint density at radius 1 is 1.14 bits per heavy atom. The first kappa shape index (κ1) is 14.4. The van der Waals surface area contributed by atoms with Crippen LogP contribution in [0.5, 0.6) is 0 Å². The van der Waals surface area contributed by atoms with Gasteiger partial charge < -0.3 is 4.43 Å². The third kappa shape index (κ3) is 4.28. The number of hydrogen-bond acceptors (Lipinski definition) is 1. The lowest BCUT2D eigenvalue weighted by Crippen LogP contribution is -2.43. The van der Waals surface area contributed by atoms with Gasteiger partial charge in [0, 0.05) is 5.73 Å². The summed E-state index contributed by atoms with van der Waals surface area (Å²) >= 11 is 0. The molecule has 0 amide bonds. The van der Waals surface area contributed by atoms with Crippen LogP contribution in [0.25, 0.3) is 0 Å². The molecule has 86 valence electrons. The van der Waals surface area contributed by atoms with Gasteiger partial charge in [-0.25, -0.2) is 0 Å². The average molecular weight is 233 g/mol. The Labute approximate surface area is 93.0 Å². The maximum atomic E-state index is 6.34. The van der Waals surface area contributed by atoms with E-state index in [0.717, 1.165) is 5.54 Å². The molecule has 0 saturated carbocycles. The molecule has 0 aromatic rings. The van der Waals surface area contributed by atoms with Crippen LogP contribution < -0.4 is 0 Å². The Bertz CT molecular complexity index is 153. The van der Waals surface area contributed by atoms with E-state index in [1.807, 2.05) is 0 Å². The first-order chi connectivity index (χ1) is 6.35. The van der Waals surface area contributed by atoms with Gasteiger partial charge in [0.05, 0.1) is 8.80 Å². The zero-order chi connectivity index (χ0) is 11.4. The van der Waals surface area contributed by atoms with E-state index in [-0.39, 0.29) is 0 Å². The van der Waals surface area contributed by atoms with Crippen LogP contribution in [0.15, 0.2) is 0 Å². The van der Waals surface area contributed by atoms with E-state index < -0.39 is 17.1 Å². The number of hydrogen-bond donors (Lipinski definition) is 0. The minimum absolute atomic E-state index is 0.553. The van der Waals surface area contributed by atoms with Gasteiger partial charge in [-0.15, -0.1) is 0 Å². The summed E-state index contributed by atoms with van der Waals surface area (Å²) in [6.07, 6.45) is 2.56. The molecule has 0 N–H and O–H groups in total. The molecule has 0 bridgehead atoms. The van der Waals surface area contributed by atoms with Crippen LogP contribution >= 0.6 is 0 Å². The minimum Gasteiger partial charge on any atom is -0.418 e. The Hall–Kier alpha value is 0.394. The van der Waals surface area contributed by atoms with Crippen molar-refractivity contribution in [3.05, 3.63) is 0 Å². The maximum absolute atomic E-state index is 6.34. The molecule has 0 radical (unpaired) electrons. The van der Waals surface area contributed by atoms with Gasteiger partial charge in [0.15, 0.2) is 8.32 Å². The molecule has 0 aromatic carbocycles. The predicted octanol–water partition coefficient (Wildman–Crippen LogP) is 3.81. The first-order valence-corrected chi connectivity index (χ1v) is 12.0. The monoisotopic (exact) mass is 232 g/mol. The molecule has 0 aliphatic heterocycles. The lowest BCUT2D eigenvalue weighted by Gasteiger charge is -2.35. The van der Waals surface area contributed by atoms with E-state index in [1.54, 1.807) is 0 Å². The van der Waals surface area contributed by atoms with Crippen LogP contribution in [0.4, 0.5) is 0 Å². The fourth-order valence-corrected chi connectivity index (χ4v) is 7.24. The molecule has 1 unspecified atom stereocenters. The molecule has 1 nitrogen and oxygen atoms in total. The van der Waals surface area contributed by atoms with Crippen LogP contribution in [0, 0.1) is 0 Å². The third-order valence-electron chi connectivity index (χ3n) is 3.40. The van der Waals surface area contributed by atoms with Gasteiger partial charge >= 0.3 is 0 Å². The third-order valence-corrected chi connectivity index (χ3v) is 9.45. The molecule has 3 heteroatoms. The molecule has 0 heterocycles. The molecular formula is C11H28OSi2. The van der Waals surface area contributed by atoms with Gasteiger partial charge in [0.25, 0.3) is 0 Å². The standard InChI is InChI=1S/C11H28OSi2/c1-8-11(9-2)14(6,7)12-10(3)13(4)5/h10-11,13H,8-9H2,1-7H3. The van der Waals surface area contributed by atoms with E-state index in [2.05, 4.69) is 47.0 Å². The van der Waals surface area contributed by atoms with Crippen LogP contribution in [-0.4, -0.2) is 22.8 Å². The summed E-state index contributed by atoms with van der Waals surface area (Å²) in [5.74, 6) is 0. The average Bonchev–Trinajstić information content (AvgIpc) is 2.04. The second-order valence-electron chi connectivity index (χ2n) is 5.18. The highest BCUT2D eigenvalue weighted by molar-refractivity contribution is 6.73. The zero-order valence-electron chi connectivity index (χ0n) is 11.1. The Morgan fingerprint density at radius 3 is 1.86 bits per heavy atom. The maximum Gasteiger partial charge on any atom is 0.189 e. The SMILES string of the molecule is CCC(CC)[Si](C)(C)OC(C)[SiH](C)C. The quantitative estimate of drug-likeness (QED) is 0.633. The van der Waals surface area contributed by atoms with E-state index in [9.17, 15) is 0 Å². The highest BCUT2D eigenvalue weighted by Crippen LogP contribution is 2.30. The normalized spacial score (nSPS) is 15.2. The van der Waals surface area contributed by atoms with Gasteiger partial charge in [-0.1, -0.05) is 39.8 Å². The summed E-state index contributed by atoms with van der Waals surface area (Å²) in [6.45, 7) is 16.4. The fourth-order valence-electron chi connectivity index (χ4n) is 1.98. The molecule has 0 aromatic heterocycles. The molecule has 0 rings (SSSR count). The van der Waals surface area contributed by atoms with Crippen molar-refractivity contribution in [3.8, 4) is 0 Å². The summed E-state index contributed by atoms with van der Waals surface area (Å²) in [7, 11) is -2.04. The van der Waals surface area contributed by atoms with E-state index in [4.69, 9.17) is 4.43 Å². The van der Waals surface area contributed by atoms with Crippen molar-refractivity contribution in [2.24, 2.45) is 0 Å². The molecule has 0 aliphatic carbocycles. The van der Waals surface area contributed by atoms with Crippen LogP contribution in [-0.2, 0) is 4.43 Å². The zero-order valence-corrected chi connectivity index (χ0v) is 13.2. The van der Waals surface area contributed by atoms with Crippen molar-refractivity contribution < 1.29 is 4.43 Å². The van der Waals surface area contributed by atoms with Crippen molar-refractivity contribution in [1.29, 1.82) is 0 Å². The van der Waals surface area contributed by atoms with E-state index in [0.29, 0.717) is 5.73 Å². The Morgan fingerprint density at radius 2 is 1.57 bits per heavy atom. The molecule has 0 aliphatic rings. The van der Waals surface area contributed by atoms with Crippen LogP contribution in [0.2, 0.25) is 31.7 Å². The molecule has 0 saturated heterocycles. The highest BCUT2D eigenvalue weighted by atomic mass is 28.4. The van der Waals surface area contributed by atoms with Gasteiger partial charge in [-0.05, 0) is 25.6 Å². The summed E-state index contributed by atoms with van der Waals surface area (Å²) in [5.41, 5.74) is 1.38. The Kier molecular flexibility index (Phi) is 6.25. The van der Waals surface area contributed by atoms with Crippen molar-refractivity contribution in [2.75, 3.05) is 0 Å². The topological polar surface area (TPSA) is 9.23 Å². The Balaban J connectivity index is 4.30. The van der Waals surface area contributed by atoms with Crippen LogP contribution in [0.3, 0.4) is 0 Å². The smallest absolute Gasteiger partial charge is 0.189 e. The molecule has 0 fully saturated rings. The fraction of sp³-hybridized carbons (Fsp3) is 1.00. The predicted molar refractivity (Wildman–Crippen MR) is 71.2 cm³/mol. The van der Waals surface area contributed by atoms with Crippen molar-refractivity contribution in [2.45, 2.75) is 71.1 Å². The molecule has 1 atom stereocenters. The first-order valence-electron chi connectivity index (χ1n) is 6.02. The van der Waals surface area contributed by atoms with Gasteiger partial charge in [-0.2, -0.15) is 0 Å².